The Hall–Kier alpha value is -8.98. The summed E-state index contributed by atoms with van der Waals surface area (Å²) in [7, 11) is 0. The average Bonchev–Trinajstić information content (AvgIpc) is 3.87. The topological polar surface area (TPSA) is 12.5 Å². The second-order valence-corrected chi connectivity index (χ2v) is 20.0. The quantitative estimate of drug-likeness (QED) is 0.158. The van der Waals surface area contributed by atoms with E-state index in [1.807, 2.05) is 0 Å². The molecule has 3 aliphatic rings. The highest BCUT2D eigenvalue weighted by molar-refractivity contribution is 5.97. The van der Waals surface area contributed by atoms with Crippen molar-refractivity contribution in [1.29, 1.82) is 0 Å². The molecule has 1 aliphatic heterocycles. The number of anilines is 3. The normalized spacial score (nSPS) is 13.8. The van der Waals surface area contributed by atoms with Gasteiger partial charge in [-0.2, -0.15) is 0 Å². The number of hydrogen-bond donors (Lipinski definition) is 0. The molecular weight excluding hydrogens is 871 g/mol. The Morgan fingerprint density at radius 2 is 0.722 bits per heavy atom. The van der Waals surface area contributed by atoms with E-state index in [2.05, 4.69) is 280 Å². The van der Waals surface area contributed by atoms with Gasteiger partial charge in [0.15, 0.2) is 0 Å². The standard InChI is InChI=1S/C70H49NO/c1-69(2)60-23-8-6-20-57(60)58-43-38-51(45-65(58)69)50-36-41-54(42-37-50)71(53-39-34-49(35-40-53)48-32-30-47(31-33-48)46-16-4-3-5-17-46)55-19-14-18-52(44-55)56-22-15-27-64-68(56)59-21-7-9-24-61(59)70(64)62-25-10-12-28-66(62)72-67-29-13-11-26-63(67)70/h3-45H,1-2H3. The first-order valence-electron chi connectivity index (χ1n) is 25.1. The fourth-order valence-electron chi connectivity index (χ4n) is 12.4. The lowest BCUT2D eigenvalue weighted by molar-refractivity contribution is 0.436. The van der Waals surface area contributed by atoms with Crippen molar-refractivity contribution in [3.8, 4) is 78.3 Å². The van der Waals surface area contributed by atoms with Crippen LogP contribution in [0.5, 0.6) is 11.5 Å². The summed E-state index contributed by atoms with van der Waals surface area (Å²) in [6.45, 7) is 4.70. The van der Waals surface area contributed by atoms with E-state index in [4.69, 9.17) is 4.74 Å². The van der Waals surface area contributed by atoms with Crippen LogP contribution in [0.3, 0.4) is 0 Å². The average molecular weight is 920 g/mol. The summed E-state index contributed by atoms with van der Waals surface area (Å²) in [5, 5.41) is 0. The summed E-state index contributed by atoms with van der Waals surface area (Å²) < 4.78 is 6.65. The van der Waals surface area contributed by atoms with Gasteiger partial charge in [-0.1, -0.05) is 220 Å². The lowest BCUT2D eigenvalue weighted by atomic mass is 9.66. The van der Waals surface area contributed by atoms with E-state index in [-0.39, 0.29) is 5.41 Å². The molecule has 11 aromatic rings. The first-order chi connectivity index (χ1) is 35.4. The fourth-order valence-corrected chi connectivity index (χ4v) is 12.4. The van der Waals surface area contributed by atoms with Gasteiger partial charge in [-0.15, -0.1) is 0 Å². The molecule has 0 bridgehead atoms. The Bertz CT molecular complexity index is 3860. The van der Waals surface area contributed by atoms with Crippen LogP contribution in [0.25, 0.3) is 66.8 Å². The van der Waals surface area contributed by atoms with Gasteiger partial charge in [-0.3, -0.25) is 0 Å². The first-order valence-corrected chi connectivity index (χ1v) is 25.1. The Kier molecular flexibility index (Phi) is 9.50. The van der Waals surface area contributed by atoms with E-state index in [1.54, 1.807) is 0 Å². The monoisotopic (exact) mass is 919 g/mol. The molecule has 2 heteroatoms. The maximum Gasteiger partial charge on any atom is 0.132 e. The van der Waals surface area contributed by atoms with Crippen LogP contribution < -0.4 is 9.64 Å². The number of nitrogens with zero attached hydrogens (tertiary/aromatic N) is 1. The molecule has 2 nitrogen and oxygen atoms in total. The largest absolute Gasteiger partial charge is 0.457 e. The molecule has 72 heavy (non-hydrogen) atoms. The molecule has 0 fully saturated rings. The molecule has 1 spiro atoms. The fraction of sp³-hybridized carbons (Fsp3) is 0.0571. The van der Waals surface area contributed by atoms with E-state index in [9.17, 15) is 0 Å². The van der Waals surface area contributed by atoms with Gasteiger partial charge in [0, 0.05) is 33.6 Å². The van der Waals surface area contributed by atoms with E-state index >= 15 is 0 Å². The molecule has 0 N–H and O–H groups in total. The number of ether oxygens (including phenoxy) is 1. The number of fused-ring (bicyclic) bond motifs is 12. The van der Waals surface area contributed by atoms with Gasteiger partial charge < -0.3 is 9.64 Å². The van der Waals surface area contributed by atoms with Crippen LogP contribution in [-0.4, -0.2) is 0 Å². The maximum absolute atomic E-state index is 6.65. The second kappa shape index (κ2) is 16.3. The predicted molar refractivity (Wildman–Crippen MR) is 298 cm³/mol. The molecule has 340 valence electrons. The summed E-state index contributed by atoms with van der Waals surface area (Å²) in [5.41, 5.74) is 25.1. The molecule has 14 rings (SSSR count). The maximum atomic E-state index is 6.65. The van der Waals surface area contributed by atoms with Crippen LogP contribution in [0.15, 0.2) is 261 Å². The van der Waals surface area contributed by atoms with Crippen molar-refractivity contribution in [3.63, 3.8) is 0 Å². The third-order valence-electron chi connectivity index (χ3n) is 15.8. The molecule has 0 atom stereocenters. The van der Waals surface area contributed by atoms with Crippen molar-refractivity contribution in [2.75, 3.05) is 4.90 Å². The van der Waals surface area contributed by atoms with Gasteiger partial charge in [0.05, 0.1) is 5.41 Å². The van der Waals surface area contributed by atoms with Gasteiger partial charge in [-0.25, -0.2) is 0 Å². The Labute approximate surface area is 421 Å². The summed E-state index contributed by atoms with van der Waals surface area (Å²) in [6.07, 6.45) is 0. The summed E-state index contributed by atoms with van der Waals surface area (Å²) in [6, 6.07) is 95.7. The highest BCUT2D eigenvalue weighted by atomic mass is 16.5. The number of para-hydroxylation sites is 2. The van der Waals surface area contributed by atoms with Crippen molar-refractivity contribution >= 4 is 17.1 Å². The molecule has 11 aromatic carbocycles. The number of hydrogen-bond acceptors (Lipinski definition) is 2. The van der Waals surface area contributed by atoms with Crippen LogP contribution in [0, 0.1) is 0 Å². The highest BCUT2D eigenvalue weighted by Crippen LogP contribution is 2.63. The highest BCUT2D eigenvalue weighted by Gasteiger charge is 2.51. The van der Waals surface area contributed by atoms with Crippen LogP contribution >= 0.6 is 0 Å². The summed E-state index contributed by atoms with van der Waals surface area (Å²) in [5.74, 6) is 1.79. The molecule has 0 aromatic heterocycles. The van der Waals surface area contributed by atoms with E-state index in [0.29, 0.717) is 0 Å². The van der Waals surface area contributed by atoms with E-state index in [1.165, 1.54) is 94.6 Å². The Morgan fingerprint density at radius 3 is 1.38 bits per heavy atom. The molecule has 0 unspecified atom stereocenters. The van der Waals surface area contributed by atoms with E-state index in [0.717, 1.165) is 34.1 Å². The zero-order chi connectivity index (χ0) is 48.0. The Morgan fingerprint density at radius 1 is 0.278 bits per heavy atom. The lowest BCUT2D eigenvalue weighted by Crippen LogP contribution is -2.32. The van der Waals surface area contributed by atoms with Crippen LogP contribution in [0.2, 0.25) is 0 Å². The zero-order valence-electron chi connectivity index (χ0n) is 40.2. The van der Waals surface area contributed by atoms with Crippen molar-refractivity contribution < 1.29 is 4.74 Å². The minimum atomic E-state index is -0.541. The number of rotatable bonds is 7. The van der Waals surface area contributed by atoms with Crippen molar-refractivity contribution in [3.05, 3.63) is 294 Å². The summed E-state index contributed by atoms with van der Waals surface area (Å²) in [4.78, 5) is 2.40. The Balaban J connectivity index is 0.887. The third-order valence-corrected chi connectivity index (χ3v) is 15.8. The van der Waals surface area contributed by atoms with Gasteiger partial charge >= 0.3 is 0 Å². The zero-order valence-corrected chi connectivity index (χ0v) is 40.2. The molecule has 2 aliphatic carbocycles. The number of benzene rings is 11. The third kappa shape index (κ3) is 6.35. The van der Waals surface area contributed by atoms with E-state index < -0.39 is 5.41 Å². The SMILES string of the molecule is CC1(C)c2ccccc2-c2ccc(-c3ccc(N(c4ccc(-c5ccc(-c6ccccc6)cc5)cc4)c4cccc(-c5cccc6c5-c5ccccc5C65c6ccccc6Oc6ccccc65)c4)cc3)cc21. The molecule has 0 saturated carbocycles. The molecule has 0 saturated heterocycles. The molecular formula is C70H49NO. The first kappa shape index (κ1) is 41.9. The van der Waals surface area contributed by atoms with Crippen LogP contribution in [0.4, 0.5) is 17.1 Å². The lowest BCUT2D eigenvalue weighted by Gasteiger charge is -2.39. The van der Waals surface area contributed by atoms with Crippen LogP contribution in [0.1, 0.15) is 47.2 Å². The van der Waals surface area contributed by atoms with Crippen molar-refractivity contribution in [2.24, 2.45) is 0 Å². The summed E-state index contributed by atoms with van der Waals surface area (Å²) >= 11 is 0. The minimum Gasteiger partial charge on any atom is -0.457 e. The minimum absolute atomic E-state index is 0.0683. The smallest absolute Gasteiger partial charge is 0.132 e. The molecule has 1 heterocycles. The van der Waals surface area contributed by atoms with Gasteiger partial charge in [0.25, 0.3) is 0 Å². The molecule has 0 radical (unpaired) electrons. The molecule has 0 amide bonds. The van der Waals surface area contributed by atoms with Gasteiger partial charge in [0.1, 0.15) is 11.5 Å². The van der Waals surface area contributed by atoms with Crippen molar-refractivity contribution in [1.82, 2.24) is 0 Å². The van der Waals surface area contributed by atoms with Gasteiger partial charge in [-0.05, 0) is 144 Å². The second-order valence-electron chi connectivity index (χ2n) is 20.0. The van der Waals surface area contributed by atoms with Crippen LogP contribution in [-0.2, 0) is 10.8 Å². The van der Waals surface area contributed by atoms with Crippen molar-refractivity contribution in [2.45, 2.75) is 24.7 Å². The predicted octanol–water partition coefficient (Wildman–Crippen LogP) is 18.6. The van der Waals surface area contributed by atoms with Gasteiger partial charge in [0.2, 0.25) is 0 Å².